The van der Waals surface area contributed by atoms with E-state index in [-0.39, 0.29) is 17.7 Å². The van der Waals surface area contributed by atoms with Crippen LogP contribution in [0.1, 0.15) is 39.9 Å². The lowest BCUT2D eigenvalue weighted by molar-refractivity contribution is -0.134. The van der Waals surface area contributed by atoms with Gasteiger partial charge in [0.2, 0.25) is 5.91 Å². The Balaban J connectivity index is 1.67. The van der Waals surface area contributed by atoms with E-state index in [0.29, 0.717) is 26.2 Å². The molecule has 1 aliphatic carbocycles. The molecule has 1 aliphatic heterocycles. The van der Waals surface area contributed by atoms with Crippen molar-refractivity contribution in [2.75, 3.05) is 26.2 Å². The van der Waals surface area contributed by atoms with E-state index in [2.05, 4.69) is 13.0 Å². The average Bonchev–Trinajstić information content (AvgIpc) is 3.34. The molecular weight excluding hydrogens is 276 g/mol. The van der Waals surface area contributed by atoms with E-state index in [4.69, 9.17) is 0 Å². The third kappa shape index (κ3) is 2.87. The molecule has 3 rings (SSSR count). The number of carbonyl (C=O) groups is 2. The van der Waals surface area contributed by atoms with Crippen LogP contribution >= 0.6 is 0 Å². The number of rotatable bonds is 2. The Labute approximate surface area is 132 Å². The van der Waals surface area contributed by atoms with Crippen LogP contribution in [0, 0.1) is 26.7 Å². The third-order valence-electron chi connectivity index (χ3n) is 4.88. The minimum absolute atomic E-state index is 0.0964. The second-order valence-corrected chi connectivity index (χ2v) is 6.64. The van der Waals surface area contributed by atoms with Gasteiger partial charge in [0, 0.05) is 37.7 Å². The van der Waals surface area contributed by atoms with E-state index in [9.17, 15) is 9.59 Å². The van der Waals surface area contributed by atoms with Crippen molar-refractivity contribution < 1.29 is 9.59 Å². The van der Waals surface area contributed by atoms with Crippen LogP contribution in [0.4, 0.5) is 0 Å². The minimum atomic E-state index is 0.0964. The molecular formula is C18H24N2O2. The Kier molecular flexibility index (Phi) is 3.94. The SMILES string of the molecule is Cc1cc(C)c(C(=O)N2CCN(C(=O)C3CC3)CC2)cc1C. The molecule has 2 fully saturated rings. The first-order valence-electron chi connectivity index (χ1n) is 8.13. The number of aryl methyl sites for hydroxylation is 3. The van der Waals surface area contributed by atoms with Crippen LogP contribution in [-0.4, -0.2) is 47.8 Å². The lowest BCUT2D eigenvalue weighted by Gasteiger charge is -2.35. The van der Waals surface area contributed by atoms with Crippen LogP contribution < -0.4 is 0 Å². The van der Waals surface area contributed by atoms with Gasteiger partial charge in [-0.25, -0.2) is 0 Å². The molecule has 0 bridgehead atoms. The van der Waals surface area contributed by atoms with Gasteiger partial charge in [-0.3, -0.25) is 9.59 Å². The van der Waals surface area contributed by atoms with Crippen molar-refractivity contribution in [2.24, 2.45) is 5.92 Å². The molecule has 0 atom stereocenters. The first kappa shape index (κ1) is 15.1. The van der Waals surface area contributed by atoms with Gasteiger partial charge < -0.3 is 9.80 Å². The van der Waals surface area contributed by atoms with E-state index in [1.807, 2.05) is 29.7 Å². The molecule has 1 saturated heterocycles. The zero-order valence-electron chi connectivity index (χ0n) is 13.7. The van der Waals surface area contributed by atoms with Gasteiger partial charge in [-0.1, -0.05) is 6.07 Å². The summed E-state index contributed by atoms with van der Waals surface area (Å²) in [6.45, 7) is 8.73. The monoisotopic (exact) mass is 300 g/mol. The summed E-state index contributed by atoms with van der Waals surface area (Å²) in [6.07, 6.45) is 2.08. The van der Waals surface area contributed by atoms with Crippen LogP contribution in [-0.2, 0) is 4.79 Å². The van der Waals surface area contributed by atoms with Crippen molar-refractivity contribution in [3.8, 4) is 0 Å². The van der Waals surface area contributed by atoms with Crippen LogP contribution in [0.2, 0.25) is 0 Å². The molecule has 2 aliphatic rings. The summed E-state index contributed by atoms with van der Waals surface area (Å²) in [4.78, 5) is 28.6. The Morgan fingerprint density at radius 2 is 1.41 bits per heavy atom. The largest absolute Gasteiger partial charge is 0.339 e. The van der Waals surface area contributed by atoms with Gasteiger partial charge in [0.1, 0.15) is 0 Å². The number of hydrogen-bond donors (Lipinski definition) is 0. The number of carbonyl (C=O) groups excluding carboxylic acids is 2. The normalized spacial score (nSPS) is 18.5. The standard InChI is InChI=1S/C18H24N2O2/c1-12-10-14(3)16(11-13(12)2)18(22)20-8-6-19(7-9-20)17(21)15-4-5-15/h10-11,15H,4-9H2,1-3H3. The summed E-state index contributed by atoms with van der Waals surface area (Å²) in [6, 6.07) is 4.07. The number of amides is 2. The zero-order valence-corrected chi connectivity index (χ0v) is 13.7. The van der Waals surface area contributed by atoms with E-state index in [1.165, 1.54) is 5.56 Å². The lowest BCUT2D eigenvalue weighted by atomic mass is 10.00. The Morgan fingerprint density at radius 1 is 0.864 bits per heavy atom. The maximum Gasteiger partial charge on any atom is 0.254 e. The fraction of sp³-hybridized carbons (Fsp3) is 0.556. The Bertz CT molecular complexity index is 612. The average molecular weight is 300 g/mol. The predicted octanol–water partition coefficient (Wildman–Crippen LogP) is 2.31. The molecule has 1 heterocycles. The molecule has 0 N–H and O–H groups in total. The molecule has 0 spiro atoms. The summed E-state index contributed by atoms with van der Waals surface area (Å²) in [5, 5.41) is 0. The number of hydrogen-bond acceptors (Lipinski definition) is 2. The molecule has 0 radical (unpaired) electrons. The quantitative estimate of drug-likeness (QED) is 0.841. The molecule has 1 aromatic rings. The van der Waals surface area contributed by atoms with E-state index < -0.39 is 0 Å². The summed E-state index contributed by atoms with van der Waals surface area (Å²) in [7, 11) is 0. The minimum Gasteiger partial charge on any atom is -0.339 e. The van der Waals surface area contributed by atoms with Gasteiger partial charge in [0.15, 0.2) is 0 Å². The number of piperazine rings is 1. The van der Waals surface area contributed by atoms with E-state index in [0.717, 1.165) is 29.5 Å². The molecule has 2 amide bonds. The number of nitrogens with zero attached hydrogens (tertiary/aromatic N) is 2. The Hall–Kier alpha value is -1.84. The second-order valence-electron chi connectivity index (χ2n) is 6.64. The van der Waals surface area contributed by atoms with E-state index >= 15 is 0 Å². The van der Waals surface area contributed by atoms with Gasteiger partial charge in [-0.05, 0) is 56.4 Å². The van der Waals surface area contributed by atoms with Gasteiger partial charge in [0.25, 0.3) is 5.91 Å². The highest BCUT2D eigenvalue weighted by molar-refractivity contribution is 5.96. The summed E-state index contributed by atoms with van der Waals surface area (Å²) < 4.78 is 0. The van der Waals surface area contributed by atoms with Crippen molar-refractivity contribution in [3.63, 3.8) is 0 Å². The third-order valence-corrected chi connectivity index (χ3v) is 4.88. The van der Waals surface area contributed by atoms with Crippen molar-refractivity contribution in [1.29, 1.82) is 0 Å². The van der Waals surface area contributed by atoms with Crippen molar-refractivity contribution >= 4 is 11.8 Å². The van der Waals surface area contributed by atoms with Crippen LogP contribution in [0.25, 0.3) is 0 Å². The van der Waals surface area contributed by atoms with Crippen LogP contribution in [0.3, 0.4) is 0 Å². The molecule has 4 nitrogen and oxygen atoms in total. The topological polar surface area (TPSA) is 40.6 Å². The van der Waals surface area contributed by atoms with Crippen molar-refractivity contribution in [2.45, 2.75) is 33.6 Å². The summed E-state index contributed by atoms with van der Waals surface area (Å²) in [5.74, 6) is 0.651. The van der Waals surface area contributed by atoms with Gasteiger partial charge in [-0.2, -0.15) is 0 Å². The maximum atomic E-state index is 12.7. The van der Waals surface area contributed by atoms with Gasteiger partial charge in [0.05, 0.1) is 0 Å². The zero-order chi connectivity index (χ0) is 15.9. The highest BCUT2D eigenvalue weighted by atomic mass is 16.2. The smallest absolute Gasteiger partial charge is 0.254 e. The highest BCUT2D eigenvalue weighted by Crippen LogP contribution is 2.31. The predicted molar refractivity (Wildman–Crippen MR) is 85.9 cm³/mol. The molecule has 1 aromatic carbocycles. The molecule has 118 valence electrons. The first-order chi connectivity index (χ1) is 10.5. The van der Waals surface area contributed by atoms with Crippen LogP contribution in [0.5, 0.6) is 0 Å². The van der Waals surface area contributed by atoms with Crippen molar-refractivity contribution in [1.82, 2.24) is 9.80 Å². The summed E-state index contributed by atoms with van der Waals surface area (Å²) >= 11 is 0. The van der Waals surface area contributed by atoms with E-state index in [1.54, 1.807) is 0 Å². The fourth-order valence-electron chi connectivity index (χ4n) is 3.08. The second kappa shape index (κ2) is 5.75. The molecule has 22 heavy (non-hydrogen) atoms. The fourth-order valence-corrected chi connectivity index (χ4v) is 3.08. The lowest BCUT2D eigenvalue weighted by Crippen LogP contribution is -2.51. The van der Waals surface area contributed by atoms with Gasteiger partial charge in [-0.15, -0.1) is 0 Å². The Morgan fingerprint density at radius 3 is 2.00 bits per heavy atom. The molecule has 1 saturated carbocycles. The molecule has 0 aromatic heterocycles. The summed E-state index contributed by atoms with van der Waals surface area (Å²) in [5.41, 5.74) is 4.19. The van der Waals surface area contributed by atoms with Crippen LogP contribution in [0.15, 0.2) is 12.1 Å². The van der Waals surface area contributed by atoms with Crippen molar-refractivity contribution in [3.05, 3.63) is 34.4 Å². The molecule has 4 heteroatoms. The first-order valence-corrected chi connectivity index (χ1v) is 8.13. The molecule has 0 unspecified atom stereocenters. The maximum absolute atomic E-state index is 12.7. The number of benzene rings is 1. The highest BCUT2D eigenvalue weighted by Gasteiger charge is 2.35. The van der Waals surface area contributed by atoms with Gasteiger partial charge >= 0.3 is 0 Å².